The average molecular weight is 376 g/mol. The van der Waals surface area contributed by atoms with Crippen molar-refractivity contribution in [2.45, 2.75) is 6.42 Å². The Morgan fingerprint density at radius 2 is 1.85 bits per heavy atom. The molecule has 0 fully saturated rings. The Bertz CT molecular complexity index is 752. The van der Waals surface area contributed by atoms with Crippen molar-refractivity contribution in [3.63, 3.8) is 0 Å². The van der Waals surface area contributed by atoms with Crippen molar-refractivity contribution in [2.75, 3.05) is 37.4 Å². The molecule has 0 spiro atoms. The molecule has 0 saturated heterocycles. The van der Waals surface area contributed by atoms with Gasteiger partial charge >= 0.3 is 0 Å². The first-order valence-electron chi connectivity index (χ1n) is 8.25. The number of amides is 2. The lowest BCUT2D eigenvalue weighted by Gasteiger charge is -2.10. The van der Waals surface area contributed by atoms with E-state index in [1.165, 1.54) is 0 Å². The number of hydrogen-bond donors (Lipinski definition) is 3. The van der Waals surface area contributed by atoms with E-state index in [0.717, 1.165) is 6.42 Å². The maximum atomic E-state index is 12.1. The first kappa shape index (κ1) is 19.8. The number of carbonyl (C=O) groups is 2. The predicted molar refractivity (Wildman–Crippen MR) is 104 cm³/mol. The van der Waals surface area contributed by atoms with Crippen molar-refractivity contribution in [1.29, 1.82) is 0 Å². The fraction of sp³-hybridized carbons (Fsp3) is 0.263. The lowest BCUT2D eigenvalue weighted by molar-refractivity contribution is -0.114. The maximum absolute atomic E-state index is 12.1. The summed E-state index contributed by atoms with van der Waals surface area (Å²) in [6.45, 7) is 1.22. The van der Waals surface area contributed by atoms with E-state index in [1.54, 1.807) is 55.6 Å². The molecule has 2 amide bonds. The smallest absolute Gasteiger partial charge is 0.251 e. The molecule has 0 aliphatic heterocycles. The van der Waals surface area contributed by atoms with Crippen molar-refractivity contribution in [2.24, 2.45) is 0 Å². The van der Waals surface area contributed by atoms with E-state index >= 15 is 0 Å². The van der Waals surface area contributed by atoms with Crippen LogP contribution in [-0.2, 0) is 9.53 Å². The highest BCUT2D eigenvalue weighted by Gasteiger charge is 2.07. The largest absolute Gasteiger partial charge is 0.385 e. The SMILES string of the molecule is COCCCNC(=O)c1cccc(NCC(=O)Nc2cccc(Cl)c2)c1. The van der Waals surface area contributed by atoms with Gasteiger partial charge in [0, 0.05) is 42.2 Å². The number of carbonyl (C=O) groups excluding carboxylic acids is 2. The van der Waals surface area contributed by atoms with Crippen LogP contribution in [0.15, 0.2) is 48.5 Å². The minimum absolute atomic E-state index is 0.0748. The summed E-state index contributed by atoms with van der Waals surface area (Å²) in [7, 11) is 1.62. The Morgan fingerprint density at radius 3 is 2.62 bits per heavy atom. The van der Waals surface area contributed by atoms with Crippen molar-refractivity contribution in [1.82, 2.24) is 5.32 Å². The van der Waals surface area contributed by atoms with Crippen LogP contribution in [0.5, 0.6) is 0 Å². The molecule has 6 nitrogen and oxygen atoms in total. The van der Waals surface area contributed by atoms with E-state index in [0.29, 0.717) is 35.1 Å². The molecule has 0 radical (unpaired) electrons. The fourth-order valence-electron chi connectivity index (χ4n) is 2.24. The molecule has 0 saturated carbocycles. The van der Waals surface area contributed by atoms with Gasteiger partial charge in [-0.3, -0.25) is 9.59 Å². The lowest BCUT2D eigenvalue weighted by Crippen LogP contribution is -2.25. The number of ether oxygens (including phenoxy) is 1. The molecule has 0 aliphatic rings. The zero-order valence-corrected chi connectivity index (χ0v) is 15.3. The van der Waals surface area contributed by atoms with Gasteiger partial charge in [0.05, 0.1) is 6.54 Å². The molecule has 0 aliphatic carbocycles. The topological polar surface area (TPSA) is 79.5 Å². The number of rotatable bonds is 9. The summed E-state index contributed by atoms with van der Waals surface area (Å²) in [4.78, 5) is 24.1. The van der Waals surface area contributed by atoms with Crippen molar-refractivity contribution >= 4 is 34.8 Å². The summed E-state index contributed by atoms with van der Waals surface area (Å²) in [5.74, 6) is -0.366. The number of nitrogens with one attached hydrogen (secondary N) is 3. The summed E-state index contributed by atoms with van der Waals surface area (Å²) >= 11 is 5.89. The van der Waals surface area contributed by atoms with E-state index in [-0.39, 0.29) is 18.4 Å². The molecule has 2 aromatic carbocycles. The van der Waals surface area contributed by atoms with Crippen LogP contribution in [0.4, 0.5) is 11.4 Å². The lowest BCUT2D eigenvalue weighted by atomic mass is 10.2. The monoisotopic (exact) mass is 375 g/mol. The molecule has 7 heteroatoms. The zero-order valence-electron chi connectivity index (χ0n) is 14.5. The summed E-state index contributed by atoms with van der Waals surface area (Å²) < 4.78 is 4.95. The van der Waals surface area contributed by atoms with E-state index in [4.69, 9.17) is 16.3 Å². The molecule has 138 valence electrons. The van der Waals surface area contributed by atoms with E-state index in [2.05, 4.69) is 16.0 Å². The average Bonchev–Trinajstić information content (AvgIpc) is 2.64. The predicted octanol–water partition coefficient (Wildman–Crippen LogP) is 3.16. The Morgan fingerprint density at radius 1 is 1.08 bits per heavy atom. The standard InChI is InChI=1S/C19H22ClN3O3/c1-26-10-4-9-21-19(25)14-5-2-7-16(11-14)22-13-18(24)23-17-8-3-6-15(20)12-17/h2-3,5-8,11-12,22H,4,9-10,13H2,1H3,(H,21,25)(H,23,24). The van der Waals surface area contributed by atoms with Gasteiger partial charge in [-0.1, -0.05) is 23.7 Å². The van der Waals surface area contributed by atoms with Gasteiger partial charge in [-0.25, -0.2) is 0 Å². The van der Waals surface area contributed by atoms with Crippen LogP contribution >= 0.6 is 11.6 Å². The molecule has 0 heterocycles. The molecule has 2 rings (SSSR count). The first-order chi connectivity index (χ1) is 12.6. The van der Waals surface area contributed by atoms with Gasteiger partial charge in [-0.2, -0.15) is 0 Å². The number of methoxy groups -OCH3 is 1. The van der Waals surface area contributed by atoms with Crippen LogP contribution in [0.1, 0.15) is 16.8 Å². The quantitative estimate of drug-likeness (QED) is 0.588. The fourth-order valence-corrected chi connectivity index (χ4v) is 2.43. The second kappa shape index (κ2) is 10.4. The van der Waals surface area contributed by atoms with Gasteiger partial charge in [-0.15, -0.1) is 0 Å². The highest BCUT2D eigenvalue weighted by molar-refractivity contribution is 6.30. The summed E-state index contributed by atoms with van der Waals surface area (Å²) in [6, 6.07) is 13.9. The van der Waals surface area contributed by atoms with Crippen molar-refractivity contribution < 1.29 is 14.3 Å². The molecule has 0 unspecified atom stereocenters. The molecule has 2 aromatic rings. The third-order valence-electron chi connectivity index (χ3n) is 3.50. The van der Waals surface area contributed by atoms with Crippen molar-refractivity contribution in [3.8, 4) is 0 Å². The van der Waals surface area contributed by atoms with Crippen LogP contribution in [0.2, 0.25) is 5.02 Å². The Kier molecular flexibility index (Phi) is 7.92. The minimum Gasteiger partial charge on any atom is -0.385 e. The van der Waals surface area contributed by atoms with Gasteiger partial charge in [0.2, 0.25) is 5.91 Å². The third-order valence-corrected chi connectivity index (χ3v) is 3.73. The normalized spacial score (nSPS) is 10.2. The maximum Gasteiger partial charge on any atom is 0.251 e. The van der Waals surface area contributed by atoms with Gasteiger partial charge in [-0.05, 0) is 42.8 Å². The zero-order chi connectivity index (χ0) is 18.8. The third kappa shape index (κ3) is 6.74. The highest BCUT2D eigenvalue weighted by Crippen LogP contribution is 2.15. The summed E-state index contributed by atoms with van der Waals surface area (Å²) in [5.41, 5.74) is 1.85. The Hall–Kier alpha value is -2.57. The van der Waals surface area contributed by atoms with Gasteiger partial charge in [0.25, 0.3) is 5.91 Å². The molecule has 0 bridgehead atoms. The molecule has 0 atom stereocenters. The van der Waals surface area contributed by atoms with Gasteiger partial charge < -0.3 is 20.7 Å². The molecule has 26 heavy (non-hydrogen) atoms. The first-order valence-corrected chi connectivity index (χ1v) is 8.63. The Labute approximate surface area is 157 Å². The highest BCUT2D eigenvalue weighted by atomic mass is 35.5. The second-order valence-corrected chi connectivity index (χ2v) is 6.03. The van der Waals surface area contributed by atoms with Crippen LogP contribution in [0.25, 0.3) is 0 Å². The summed E-state index contributed by atoms with van der Waals surface area (Å²) in [5, 5.41) is 9.14. The second-order valence-electron chi connectivity index (χ2n) is 5.60. The van der Waals surface area contributed by atoms with Gasteiger partial charge in [0.1, 0.15) is 0 Å². The van der Waals surface area contributed by atoms with E-state index in [1.807, 2.05) is 0 Å². The summed E-state index contributed by atoms with van der Waals surface area (Å²) in [6.07, 6.45) is 0.754. The van der Waals surface area contributed by atoms with Crippen LogP contribution in [0.3, 0.4) is 0 Å². The number of hydrogen-bond acceptors (Lipinski definition) is 4. The van der Waals surface area contributed by atoms with Gasteiger partial charge in [0.15, 0.2) is 0 Å². The number of benzene rings is 2. The van der Waals surface area contributed by atoms with Crippen molar-refractivity contribution in [3.05, 3.63) is 59.1 Å². The minimum atomic E-state index is -0.207. The molecule has 0 aromatic heterocycles. The van der Waals surface area contributed by atoms with Crippen LogP contribution < -0.4 is 16.0 Å². The molecule has 3 N–H and O–H groups in total. The Balaban J connectivity index is 1.84. The number of halogens is 1. The molecular formula is C19H22ClN3O3. The van der Waals surface area contributed by atoms with Crippen LogP contribution in [-0.4, -0.2) is 38.6 Å². The van der Waals surface area contributed by atoms with E-state index in [9.17, 15) is 9.59 Å². The van der Waals surface area contributed by atoms with E-state index < -0.39 is 0 Å². The number of anilines is 2. The van der Waals surface area contributed by atoms with Crippen LogP contribution in [0, 0.1) is 0 Å². The molecular weight excluding hydrogens is 354 g/mol.